The molecule has 0 saturated heterocycles. The van der Waals surface area contributed by atoms with Gasteiger partial charge in [-0.2, -0.15) is 5.10 Å². The van der Waals surface area contributed by atoms with Crippen molar-refractivity contribution in [2.45, 2.75) is 6.92 Å². The fourth-order valence-corrected chi connectivity index (χ4v) is 1.21. The zero-order valence-electron chi connectivity index (χ0n) is 8.21. The van der Waals surface area contributed by atoms with Crippen molar-refractivity contribution in [3.63, 3.8) is 0 Å². The highest BCUT2D eigenvalue weighted by atomic mass is 16.2. The van der Waals surface area contributed by atoms with E-state index in [9.17, 15) is 4.79 Å². The molecule has 76 valence electrons. The summed E-state index contributed by atoms with van der Waals surface area (Å²) in [6, 6.07) is 5.73. The quantitative estimate of drug-likeness (QED) is 0.578. The molecule has 0 bridgehead atoms. The van der Waals surface area contributed by atoms with Gasteiger partial charge in [0.15, 0.2) is 0 Å². The summed E-state index contributed by atoms with van der Waals surface area (Å²) < 4.78 is 1.88. The Morgan fingerprint density at radius 2 is 2.47 bits per heavy atom. The summed E-state index contributed by atoms with van der Waals surface area (Å²) in [5.74, 6) is -0.199. The summed E-state index contributed by atoms with van der Waals surface area (Å²) in [5, 5.41) is 3.74. The van der Waals surface area contributed by atoms with Crippen LogP contribution >= 0.6 is 0 Å². The lowest BCUT2D eigenvalue weighted by molar-refractivity contribution is -0.118. The zero-order chi connectivity index (χ0) is 10.7. The molecule has 0 aliphatic carbocycles. The highest BCUT2D eigenvalue weighted by Gasteiger charge is 1.96. The van der Waals surface area contributed by atoms with Crippen molar-refractivity contribution in [1.82, 2.24) is 14.8 Å². The average molecular weight is 202 g/mol. The van der Waals surface area contributed by atoms with Crippen LogP contribution in [-0.4, -0.2) is 21.5 Å². The molecule has 2 aromatic heterocycles. The number of nitrogens with zero attached hydrogens (tertiary/aromatic N) is 3. The molecule has 0 aliphatic heterocycles. The summed E-state index contributed by atoms with van der Waals surface area (Å²) in [7, 11) is 0. The SMILES string of the molecule is CC(=O)N/N=C\c1cn2ccccc2n1. The van der Waals surface area contributed by atoms with Gasteiger partial charge in [-0.25, -0.2) is 10.4 Å². The van der Waals surface area contributed by atoms with Gasteiger partial charge in [0.25, 0.3) is 0 Å². The van der Waals surface area contributed by atoms with E-state index in [0.717, 1.165) is 5.65 Å². The number of amides is 1. The van der Waals surface area contributed by atoms with Gasteiger partial charge >= 0.3 is 0 Å². The maximum Gasteiger partial charge on any atom is 0.236 e. The van der Waals surface area contributed by atoms with Crippen molar-refractivity contribution in [3.05, 3.63) is 36.3 Å². The van der Waals surface area contributed by atoms with Crippen molar-refractivity contribution in [2.24, 2.45) is 5.10 Å². The Bertz CT molecular complexity index is 482. The molecule has 2 aromatic rings. The number of hydrazone groups is 1. The highest BCUT2D eigenvalue weighted by Crippen LogP contribution is 2.01. The van der Waals surface area contributed by atoms with E-state index in [2.05, 4.69) is 15.5 Å². The van der Waals surface area contributed by atoms with E-state index >= 15 is 0 Å². The molecule has 0 unspecified atom stereocenters. The normalized spacial score (nSPS) is 11.0. The van der Waals surface area contributed by atoms with E-state index in [1.807, 2.05) is 35.0 Å². The number of aromatic nitrogens is 2. The van der Waals surface area contributed by atoms with Crippen LogP contribution in [0.4, 0.5) is 0 Å². The Hall–Kier alpha value is -2.17. The second-order valence-corrected chi connectivity index (χ2v) is 3.06. The van der Waals surface area contributed by atoms with Crippen LogP contribution in [0.2, 0.25) is 0 Å². The summed E-state index contributed by atoms with van der Waals surface area (Å²) in [4.78, 5) is 14.8. The number of rotatable bonds is 2. The van der Waals surface area contributed by atoms with Crippen LogP contribution in [0.1, 0.15) is 12.6 Å². The number of fused-ring (bicyclic) bond motifs is 1. The lowest BCUT2D eigenvalue weighted by Crippen LogP contribution is -2.12. The smallest absolute Gasteiger partial charge is 0.236 e. The maximum absolute atomic E-state index is 10.6. The molecule has 5 heteroatoms. The molecular weight excluding hydrogens is 192 g/mol. The first-order valence-electron chi connectivity index (χ1n) is 4.49. The number of imidazole rings is 1. The van der Waals surface area contributed by atoms with E-state index in [-0.39, 0.29) is 5.91 Å². The minimum absolute atomic E-state index is 0.199. The van der Waals surface area contributed by atoms with Gasteiger partial charge in [-0.05, 0) is 12.1 Å². The monoisotopic (exact) mass is 202 g/mol. The molecule has 0 aliphatic rings. The summed E-state index contributed by atoms with van der Waals surface area (Å²) in [6.07, 6.45) is 5.24. The standard InChI is InChI=1S/C10H10N4O/c1-8(15)13-11-6-9-7-14-5-3-2-4-10(14)12-9/h2-7H,1H3,(H,13,15)/b11-6-. The first-order chi connectivity index (χ1) is 7.25. The second-order valence-electron chi connectivity index (χ2n) is 3.06. The van der Waals surface area contributed by atoms with Crippen LogP contribution < -0.4 is 5.43 Å². The van der Waals surface area contributed by atoms with Gasteiger partial charge in [0.2, 0.25) is 5.91 Å². The number of pyridine rings is 1. The molecule has 0 saturated carbocycles. The molecule has 1 amide bonds. The number of carbonyl (C=O) groups excluding carboxylic acids is 1. The third-order valence-electron chi connectivity index (χ3n) is 1.80. The van der Waals surface area contributed by atoms with E-state index in [1.165, 1.54) is 13.1 Å². The summed E-state index contributed by atoms with van der Waals surface area (Å²) in [5.41, 5.74) is 3.87. The van der Waals surface area contributed by atoms with Gasteiger partial charge in [-0.15, -0.1) is 0 Å². The number of nitrogens with one attached hydrogen (secondary N) is 1. The zero-order valence-corrected chi connectivity index (χ0v) is 8.21. The van der Waals surface area contributed by atoms with Crippen LogP contribution in [-0.2, 0) is 4.79 Å². The molecule has 15 heavy (non-hydrogen) atoms. The van der Waals surface area contributed by atoms with Crippen LogP contribution in [0.25, 0.3) is 5.65 Å². The lowest BCUT2D eigenvalue weighted by Gasteiger charge is -1.87. The Kier molecular flexibility index (Phi) is 2.45. The van der Waals surface area contributed by atoms with E-state index in [4.69, 9.17) is 0 Å². The maximum atomic E-state index is 10.6. The van der Waals surface area contributed by atoms with Crippen molar-refractivity contribution in [3.8, 4) is 0 Å². The second kappa shape index (κ2) is 3.91. The van der Waals surface area contributed by atoms with Crippen LogP contribution in [0.15, 0.2) is 35.7 Å². The highest BCUT2D eigenvalue weighted by molar-refractivity contribution is 5.80. The Labute approximate surface area is 86.4 Å². The minimum Gasteiger partial charge on any atom is -0.306 e. The largest absolute Gasteiger partial charge is 0.306 e. The first-order valence-corrected chi connectivity index (χ1v) is 4.49. The molecule has 1 N–H and O–H groups in total. The Morgan fingerprint density at radius 3 is 3.20 bits per heavy atom. The third kappa shape index (κ3) is 2.19. The summed E-state index contributed by atoms with van der Waals surface area (Å²) >= 11 is 0. The van der Waals surface area contributed by atoms with Gasteiger partial charge in [0.05, 0.1) is 6.21 Å². The van der Waals surface area contributed by atoms with Gasteiger partial charge in [0, 0.05) is 19.3 Å². The predicted molar refractivity (Wildman–Crippen MR) is 56.6 cm³/mol. The number of carbonyl (C=O) groups is 1. The first kappa shape index (κ1) is 9.39. The fraction of sp³-hybridized carbons (Fsp3) is 0.100. The Morgan fingerprint density at radius 1 is 1.60 bits per heavy atom. The van der Waals surface area contributed by atoms with Crippen LogP contribution in [0.5, 0.6) is 0 Å². The molecule has 0 aromatic carbocycles. The van der Waals surface area contributed by atoms with Gasteiger partial charge < -0.3 is 4.40 Å². The van der Waals surface area contributed by atoms with E-state index < -0.39 is 0 Å². The topological polar surface area (TPSA) is 58.8 Å². The van der Waals surface area contributed by atoms with Crippen molar-refractivity contribution in [1.29, 1.82) is 0 Å². The Balaban J connectivity index is 2.22. The number of hydrogen-bond acceptors (Lipinski definition) is 3. The van der Waals surface area contributed by atoms with Crippen LogP contribution in [0.3, 0.4) is 0 Å². The third-order valence-corrected chi connectivity index (χ3v) is 1.80. The van der Waals surface area contributed by atoms with E-state index in [1.54, 1.807) is 0 Å². The molecular formula is C10H10N4O. The molecule has 0 fully saturated rings. The lowest BCUT2D eigenvalue weighted by atomic mass is 10.5. The molecule has 0 spiro atoms. The minimum atomic E-state index is -0.199. The molecule has 2 rings (SSSR count). The van der Waals surface area contributed by atoms with Crippen molar-refractivity contribution >= 4 is 17.8 Å². The number of hydrogen-bond donors (Lipinski definition) is 1. The predicted octanol–water partition coefficient (Wildman–Crippen LogP) is 0.804. The van der Waals surface area contributed by atoms with E-state index in [0.29, 0.717) is 5.69 Å². The fourth-order valence-electron chi connectivity index (χ4n) is 1.21. The molecule has 2 heterocycles. The van der Waals surface area contributed by atoms with Gasteiger partial charge in [0.1, 0.15) is 11.3 Å². The summed E-state index contributed by atoms with van der Waals surface area (Å²) in [6.45, 7) is 1.40. The van der Waals surface area contributed by atoms with Crippen LogP contribution in [0, 0.1) is 0 Å². The van der Waals surface area contributed by atoms with Gasteiger partial charge in [-0.1, -0.05) is 6.07 Å². The molecule has 0 radical (unpaired) electrons. The average Bonchev–Trinajstić information content (AvgIpc) is 2.59. The van der Waals surface area contributed by atoms with Crippen molar-refractivity contribution < 1.29 is 4.79 Å². The molecule has 5 nitrogen and oxygen atoms in total. The molecule has 0 atom stereocenters. The van der Waals surface area contributed by atoms with Gasteiger partial charge in [-0.3, -0.25) is 4.79 Å². The van der Waals surface area contributed by atoms with Crippen molar-refractivity contribution in [2.75, 3.05) is 0 Å².